The molecule has 0 spiro atoms. The van der Waals surface area contributed by atoms with Crippen LogP contribution in [0.3, 0.4) is 0 Å². The molecule has 1 saturated heterocycles. The van der Waals surface area contributed by atoms with Gasteiger partial charge >= 0.3 is 0 Å². The fraction of sp³-hybridized carbons (Fsp3) is 0.941. The molecule has 1 amide bonds. The molecule has 1 aliphatic heterocycles. The van der Waals surface area contributed by atoms with Crippen LogP contribution in [0.1, 0.15) is 53.9 Å². The zero-order chi connectivity index (χ0) is 15.8. The van der Waals surface area contributed by atoms with Crippen LogP contribution >= 0.6 is 0 Å². The third-order valence-corrected chi connectivity index (χ3v) is 5.59. The third-order valence-electron chi connectivity index (χ3n) is 5.59. The van der Waals surface area contributed by atoms with Gasteiger partial charge in [-0.15, -0.1) is 0 Å². The molecule has 1 saturated carbocycles. The van der Waals surface area contributed by atoms with Gasteiger partial charge in [0.1, 0.15) is 5.54 Å². The summed E-state index contributed by atoms with van der Waals surface area (Å²) in [4.78, 5) is 14.9. The van der Waals surface area contributed by atoms with E-state index in [0.29, 0.717) is 24.9 Å². The maximum atomic E-state index is 12.9. The molecule has 21 heavy (non-hydrogen) atoms. The number of likely N-dealkylation sites (tertiary alicyclic amines) is 1. The Balaban J connectivity index is 1.98. The van der Waals surface area contributed by atoms with Gasteiger partial charge in [0.25, 0.3) is 0 Å². The van der Waals surface area contributed by atoms with Crippen LogP contribution in [0.25, 0.3) is 0 Å². The van der Waals surface area contributed by atoms with Crippen LogP contribution < -0.4 is 5.73 Å². The van der Waals surface area contributed by atoms with E-state index in [2.05, 4.69) is 27.7 Å². The normalized spacial score (nSPS) is 35.1. The highest BCUT2D eigenvalue weighted by molar-refractivity contribution is 5.89. The summed E-state index contributed by atoms with van der Waals surface area (Å²) in [6.45, 7) is 13.0. The molecule has 2 rings (SSSR count). The molecule has 4 nitrogen and oxygen atoms in total. The van der Waals surface area contributed by atoms with Crippen LogP contribution in [-0.4, -0.2) is 42.1 Å². The first kappa shape index (κ1) is 16.8. The first-order valence-electron chi connectivity index (χ1n) is 8.42. The van der Waals surface area contributed by atoms with E-state index in [1.165, 1.54) is 6.42 Å². The van der Waals surface area contributed by atoms with Crippen LogP contribution in [0.2, 0.25) is 0 Å². The van der Waals surface area contributed by atoms with E-state index < -0.39 is 5.54 Å². The zero-order valence-electron chi connectivity index (χ0n) is 14.3. The summed E-state index contributed by atoms with van der Waals surface area (Å²) in [7, 11) is 0. The minimum absolute atomic E-state index is 0.102. The Labute approximate surface area is 129 Å². The lowest BCUT2D eigenvalue weighted by atomic mass is 9.54. The molecule has 0 aromatic heterocycles. The third kappa shape index (κ3) is 2.85. The lowest BCUT2D eigenvalue weighted by molar-refractivity contribution is -0.178. The van der Waals surface area contributed by atoms with Gasteiger partial charge in [-0.25, -0.2) is 0 Å². The highest BCUT2D eigenvalue weighted by Crippen LogP contribution is 2.51. The van der Waals surface area contributed by atoms with Gasteiger partial charge in [-0.1, -0.05) is 27.7 Å². The van der Waals surface area contributed by atoms with E-state index in [0.717, 1.165) is 19.5 Å². The van der Waals surface area contributed by atoms with Crippen LogP contribution in [0.4, 0.5) is 0 Å². The highest BCUT2D eigenvalue weighted by atomic mass is 16.5. The van der Waals surface area contributed by atoms with Crippen LogP contribution in [-0.2, 0) is 9.53 Å². The lowest BCUT2D eigenvalue weighted by Gasteiger charge is -2.58. The zero-order valence-corrected chi connectivity index (χ0v) is 14.3. The summed E-state index contributed by atoms with van der Waals surface area (Å²) in [6, 6.07) is 0. The van der Waals surface area contributed by atoms with Crippen molar-refractivity contribution in [3.63, 3.8) is 0 Å². The predicted octanol–water partition coefficient (Wildman–Crippen LogP) is 2.41. The molecule has 1 aliphatic carbocycles. The summed E-state index contributed by atoms with van der Waals surface area (Å²) >= 11 is 0. The molecule has 2 fully saturated rings. The molecule has 0 bridgehead atoms. The van der Waals surface area contributed by atoms with Gasteiger partial charge in [-0.2, -0.15) is 0 Å². The average molecular weight is 296 g/mol. The summed E-state index contributed by atoms with van der Waals surface area (Å²) in [5.74, 6) is 1.47. The van der Waals surface area contributed by atoms with E-state index in [9.17, 15) is 4.79 Å². The standard InChI is InChI=1S/C17H32N2O2/c1-6-21-14-10-17(18,16(14,4)5)15(20)19-8-7-13(11-19)9-12(2)3/h12-14H,6-11,18H2,1-5H3. The van der Waals surface area contributed by atoms with Crippen LogP contribution in [0.5, 0.6) is 0 Å². The number of rotatable bonds is 5. The lowest BCUT2D eigenvalue weighted by Crippen LogP contribution is -2.75. The largest absolute Gasteiger partial charge is 0.378 e. The number of carbonyl (C=O) groups excluding carboxylic acids is 1. The maximum Gasteiger partial charge on any atom is 0.243 e. The molecular formula is C17H32N2O2. The molecule has 0 aromatic rings. The quantitative estimate of drug-likeness (QED) is 0.847. The molecule has 0 aromatic carbocycles. The predicted molar refractivity (Wildman–Crippen MR) is 84.9 cm³/mol. The molecule has 3 unspecified atom stereocenters. The minimum Gasteiger partial charge on any atom is -0.378 e. The Hall–Kier alpha value is -0.610. The second-order valence-corrected chi connectivity index (χ2v) is 7.88. The van der Waals surface area contributed by atoms with Crippen molar-refractivity contribution in [1.29, 1.82) is 0 Å². The molecule has 4 heteroatoms. The highest BCUT2D eigenvalue weighted by Gasteiger charge is 2.64. The molecule has 3 atom stereocenters. The molecule has 1 heterocycles. The Bertz CT molecular complexity index is 394. The molecular weight excluding hydrogens is 264 g/mol. The number of nitrogens with zero attached hydrogens (tertiary/aromatic N) is 1. The number of amides is 1. The van der Waals surface area contributed by atoms with Crippen molar-refractivity contribution in [2.75, 3.05) is 19.7 Å². The van der Waals surface area contributed by atoms with Gasteiger partial charge in [0.15, 0.2) is 0 Å². The van der Waals surface area contributed by atoms with Crippen molar-refractivity contribution in [3.05, 3.63) is 0 Å². The second kappa shape index (κ2) is 5.88. The van der Waals surface area contributed by atoms with E-state index in [4.69, 9.17) is 10.5 Å². The SMILES string of the molecule is CCOC1CC(N)(C(=O)N2CCC(CC(C)C)C2)C1(C)C. The van der Waals surface area contributed by atoms with Gasteiger partial charge in [-0.3, -0.25) is 4.79 Å². The smallest absolute Gasteiger partial charge is 0.243 e. The number of hydrogen-bond acceptors (Lipinski definition) is 3. The number of nitrogens with two attached hydrogens (primary N) is 1. The second-order valence-electron chi connectivity index (χ2n) is 7.88. The Morgan fingerprint density at radius 1 is 1.43 bits per heavy atom. The summed E-state index contributed by atoms with van der Waals surface area (Å²) in [6.07, 6.45) is 3.07. The summed E-state index contributed by atoms with van der Waals surface area (Å²) < 4.78 is 5.72. The van der Waals surface area contributed by atoms with Crippen molar-refractivity contribution in [3.8, 4) is 0 Å². The van der Waals surface area contributed by atoms with E-state index in [-0.39, 0.29) is 17.4 Å². The maximum absolute atomic E-state index is 12.9. The van der Waals surface area contributed by atoms with Crippen molar-refractivity contribution in [2.45, 2.75) is 65.5 Å². The number of carbonyl (C=O) groups is 1. The Morgan fingerprint density at radius 2 is 2.10 bits per heavy atom. The van der Waals surface area contributed by atoms with Gasteiger partial charge in [0.05, 0.1) is 6.10 Å². The van der Waals surface area contributed by atoms with Crippen LogP contribution in [0.15, 0.2) is 0 Å². The Kier molecular flexibility index (Phi) is 4.69. The molecule has 2 N–H and O–H groups in total. The van der Waals surface area contributed by atoms with Gasteiger partial charge in [0.2, 0.25) is 5.91 Å². The van der Waals surface area contributed by atoms with Gasteiger partial charge in [0, 0.05) is 31.5 Å². The van der Waals surface area contributed by atoms with Crippen molar-refractivity contribution < 1.29 is 9.53 Å². The topological polar surface area (TPSA) is 55.6 Å². The fourth-order valence-electron chi connectivity index (χ4n) is 3.96. The number of ether oxygens (including phenoxy) is 1. The summed E-state index contributed by atoms with van der Waals surface area (Å²) in [5.41, 5.74) is 5.47. The molecule has 122 valence electrons. The number of hydrogen-bond donors (Lipinski definition) is 1. The van der Waals surface area contributed by atoms with E-state index in [1.54, 1.807) is 0 Å². The van der Waals surface area contributed by atoms with Crippen LogP contribution in [0, 0.1) is 17.3 Å². The first-order valence-corrected chi connectivity index (χ1v) is 8.42. The minimum atomic E-state index is -0.750. The Morgan fingerprint density at radius 3 is 2.62 bits per heavy atom. The molecule has 2 aliphatic rings. The van der Waals surface area contributed by atoms with E-state index in [1.807, 2.05) is 11.8 Å². The fourth-order valence-corrected chi connectivity index (χ4v) is 3.96. The molecule has 0 radical (unpaired) electrons. The van der Waals surface area contributed by atoms with Crippen molar-refractivity contribution >= 4 is 5.91 Å². The monoisotopic (exact) mass is 296 g/mol. The van der Waals surface area contributed by atoms with E-state index >= 15 is 0 Å². The van der Waals surface area contributed by atoms with Gasteiger partial charge < -0.3 is 15.4 Å². The average Bonchev–Trinajstić information content (AvgIpc) is 2.84. The summed E-state index contributed by atoms with van der Waals surface area (Å²) in [5, 5.41) is 0. The van der Waals surface area contributed by atoms with Crippen molar-refractivity contribution in [1.82, 2.24) is 4.90 Å². The van der Waals surface area contributed by atoms with Crippen molar-refractivity contribution in [2.24, 2.45) is 23.0 Å². The van der Waals surface area contributed by atoms with Gasteiger partial charge in [-0.05, 0) is 31.6 Å². The first-order chi connectivity index (χ1) is 9.72.